The van der Waals surface area contributed by atoms with E-state index >= 15 is 0 Å². The summed E-state index contributed by atoms with van der Waals surface area (Å²) in [6, 6.07) is 7.19. The predicted molar refractivity (Wildman–Crippen MR) is 91.9 cm³/mol. The number of benzene rings is 1. The molecule has 1 aromatic carbocycles. The van der Waals surface area contributed by atoms with Gasteiger partial charge in [0.05, 0.1) is 0 Å². The second-order valence-electron chi connectivity index (χ2n) is 5.41. The van der Waals surface area contributed by atoms with Crippen molar-refractivity contribution in [2.75, 3.05) is 13.1 Å². The Balaban J connectivity index is 2.69. The van der Waals surface area contributed by atoms with E-state index in [1.165, 1.54) is 22.0 Å². The molecule has 0 unspecified atom stereocenters. The van der Waals surface area contributed by atoms with Gasteiger partial charge in [0, 0.05) is 30.1 Å². The third-order valence-corrected chi connectivity index (χ3v) is 4.08. The van der Waals surface area contributed by atoms with Crippen LogP contribution >= 0.6 is 15.9 Å². The Morgan fingerprint density at radius 3 is 2.70 bits per heavy atom. The normalized spacial score (nSPS) is 11.3. The summed E-state index contributed by atoms with van der Waals surface area (Å²) in [6.45, 7) is 14.4. The lowest BCUT2D eigenvalue weighted by Gasteiger charge is -2.25. The van der Waals surface area contributed by atoms with Crippen LogP contribution < -0.4 is 5.32 Å². The van der Waals surface area contributed by atoms with Crippen molar-refractivity contribution >= 4 is 15.9 Å². The summed E-state index contributed by atoms with van der Waals surface area (Å²) in [5, 5.41) is 3.43. The van der Waals surface area contributed by atoms with E-state index in [2.05, 4.69) is 71.7 Å². The molecular weight excluding hydrogens is 312 g/mol. The molecule has 0 aromatic heterocycles. The fourth-order valence-electron chi connectivity index (χ4n) is 2.08. The maximum atomic E-state index is 3.84. The molecule has 1 rings (SSSR count). The zero-order valence-electron chi connectivity index (χ0n) is 13.0. The summed E-state index contributed by atoms with van der Waals surface area (Å²) in [5.74, 6) is 0. The van der Waals surface area contributed by atoms with Gasteiger partial charge < -0.3 is 5.32 Å². The van der Waals surface area contributed by atoms with Gasteiger partial charge in [0.1, 0.15) is 0 Å². The molecule has 0 atom stereocenters. The van der Waals surface area contributed by atoms with E-state index < -0.39 is 0 Å². The number of halogens is 1. The van der Waals surface area contributed by atoms with Crippen molar-refractivity contribution in [2.45, 2.75) is 46.3 Å². The maximum absolute atomic E-state index is 3.84. The Hall–Kier alpha value is -0.640. The SMILES string of the molecule is C=CCN(Cc1ccc(CNCCC)cc1Br)C(C)C. The van der Waals surface area contributed by atoms with Gasteiger partial charge in [-0.25, -0.2) is 0 Å². The van der Waals surface area contributed by atoms with Crippen LogP contribution in [-0.2, 0) is 13.1 Å². The first kappa shape index (κ1) is 17.4. The van der Waals surface area contributed by atoms with Crippen LogP contribution in [0.15, 0.2) is 35.3 Å². The Labute approximate surface area is 132 Å². The van der Waals surface area contributed by atoms with Gasteiger partial charge in [-0.15, -0.1) is 6.58 Å². The molecular formula is C17H27BrN2. The van der Waals surface area contributed by atoms with Crippen LogP contribution in [0.1, 0.15) is 38.3 Å². The maximum Gasteiger partial charge on any atom is 0.0250 e. The highest BCUT2D eigenvalue weighted by Crippen LogP contribution is 2.21. The Kier molecular flexibility index (Phi) is 8.12. The standard InChI is InChI=1S/C17H27BrN2/c1-5-9-19-12-15-7-8-16(17(18)11-15)13-20(10-6-2)14(3)4/h6-8,11,14,19H,2,5,9-10,12-13H2,1,3-4H3. The monoisotopic (exact) mass is 338 g/mol. The summed E-state index contributed by atoms with van der Waals surface area (Å²) in [5.41, 5.74) is 2.66. The van der Waals surface area contributed by atoms with Crippen molar-refractivity contribution in [1.29, 1.82) is 0 Å². The summed E-state index contributed by atoms with van der Waals surface area (Å²) in [7, 11) is 0. The molecule has 2 nitrogen and oxygen atoms in total. The van der Waals surface area contributed by atoms with Crippen molar-refractivity contribution in [1.82, 2.24) is 10.2 Å². The minimum absolute atomic E-state index is 0.519. The van der Waals surface area contributed by atoms with Crippen LogP contribution in [0.3, 0.4) is 0 Å². The minimum atomic E-state index is 0.519. The highest BCUT2D eigenvalue weighted by molar-refractivity contribution is 9.10. The van der Waals surface area contributed by atoms with Crippen LogP contribution in [0, 0.1) is 0 Å². The molecule has 0 saturated carbocycles. The number of nitrogens with one attached hydrogen (secondary N) is 1. The molecule has 0 aliphatic heterocycles. The van der Waals surface area contributed by atoms with E-state index in [1.54, 1.807) is 0 Å². The second-order valence-corrected chi connectivity index (χ2v) is 6.27. The molecule has 0 fully saturated rings. The molecule has 20 heavy (non-hydrogen) atoms. The first-order valence-corrected chi connectivity index (χ1v) is 8.20. The average molecular weight is 339 g/mol. The van der Waals surface area contributed by atoms with E-state index in [0.29, 0.717) is 6.04 Å². The summed E-state index contributed by atoms with van der Waals surface area (Å²) in [6.07, 6.45) is 3.14. The lowest BCUT2D eigenvalue weighted by molar-refractivity contribution is 0.237. The van der Waals surface area contributed by atoms with E-state index in [9.17, 15) is 0 Å². The Bertz CT molecular complexity index is 415. The van der Waals surface area contributed by atoms with Gasteiger partial charge in [-0.2, -0.15) is 0 Å². The molecule has 0 bridgehead atoms. The van der Waals surface area contributed by atoms with Crippen LogP contribution in [0.5, 0.6) is 0 Å². The van der Waals surface area contributed by atoms with Crippen molar-refractivity contribution in [3.63, 3.8) is 0 Å². The molecule has 0 aliphatic rings. The van der Waals surface area contributed by atoms with Gasteiger partial charge in [0.2, 0.25) is 0 Å². The topological polar surface area (TPSA) is 15.3 Å². The fourth-order valence-corrected chi connectivity index (χ4v) is 2.63. The number of nitrogens with zero attached hydrogens (tertiary/aromatic N) is 1. The van der Waals surface area contributed by atoms with Crippen LogP contribution in [-0.4, -0.2) is 24.0 Å². The second kappa shape index (κ2) is 9.32. The first-order valence-electron chi connectivity index (χ1n) is 7.41. The van der Waals surface area contributed by atoms with Crippen molar-refractivity contribution in [3.8, 4) is 0 Å². The number of hydrogen-bond acceptors (Lipinski definition) is 2. The average Bonchev–Trinajstić information content (AvgIpc) is 2.41. The van der Waals surface area contributed by atoms with Crippen molar-refractivity contribution in [3.05, 3.63) is 46.5 Å². The Morgan fingerprint density at radius 2 is 2.15 bits per heavy atom. The summed E-state index contributed by atoms with van der Waals surface area (Å²) >= 11 is 3.70. The molecule has 0 radical (unpaired) electrons. The van der Waals surface area contributed by atoms with Gasteiger partial charge in [-0.3, -0.25) is 4.90 Å². The molecule has 1 N–H and O–H groups in total. The number of rotatable bonds is 9. The molecule has 0 amide bonds. The smallest absolute Gasteiger partial charge is 0.0250 e. The van der Waals surface area contributed by atoms with E-state index in [-0.39, 0.29) is 0 Å². The summed E-state index contributed by atoms with van der Waals surface area (Å²) in [4.78, 5) is 2.40. The molecule has 0 aliphatic carbocycles. The molecule has 0 saturated heterocycles. The van der Waals surface area contributed by atoms with Gasteiger partial charge in [0.25, 0.3) is 0 Å². The predicted octanol–water partition coefficient (Wildman–Crippen LogP) is 4.35. The molecule has 0 heterocycles. The zero-order chi connectivity index (χ0) is 15.0. The van der Waals surface area contributed by atoms with Crippen molar-refractivity contribution < 1.29 is 0 Å². The van der Waals surface area contributed by atoms with E-state index in [0.717, 1.165) is 26.2 Å². The minimum Gasteiger partial charge on any atom is -0.313 e. The zero-order valence-corrected chi connectivity index (χ0v) is 14.5. The molecule has 0 spiro atoms. The van der Waals surface area contributed by atoms with Gasteiger partial charge in [0.15, 0.2) is 0 Å². The van der Waals surface area contributed by atoms with Crippen LogP contribution in [0.2, 0.25) is 0 Å². The van der Waals surface area contributed by atoms with Crippen LogP contribution in [0.25, 0.3) is 0 Å². The highest BCUT2D eigenvalue weighted by atomic mass is 79.9. The van der Waals surface area contributed by atoms with Crippen LogP contribution in [0.4, 0.5) is 0 Å². The van der Waals surface area contributed by atoms with Gasteiger partial charge in [-0.1, -0.05) is 41.1 Å². The first-order chi connectivity index (χ1) is 9.58. The third-order valence-electron chi connectivity index (χ3n) is 3.34. The van der Waals surface area contributed by atoms with Gasteiger partial charge in [-0.05, 0) is 44.0 Å². The van der Waals surface area contributed by atoms with Crippen molar-refractivity contribution in [2.24, 2.45) is 0 Å². The molecule has 112 valence electrons. The molecule has 1 aromatic rings. The lowest BCUT2D eigenvalue weighted by atomic mass is 10.1. The number of hydrogen-bond donors (Lipinski definition) is 1. The third kappa shape index (κ3) is 5.78. The van der Waals surface area contributed by atoms with Gasteiger partial charge >= 0.3 is 0 Å². The van der Waals surface area contributed by atoms with E-state index in [1.807, 2.05) is 6.08 Å². The quantitative estimate of drug-likeness (QED) is 0.532. The lowest BCUT2D eigenvalue weighted by Crippen LogP contribution is -2.30. The summed E-state index contributed by atoms with van der Waals surface area (Å²) < 4.78 is 1.20. The fraction of sp³-hybridized carbons (Fsp3) is 0.529. The molecule has 3 heteroatoms. The Morgan fingerprint density at radius 1 is 1.40 bits per heavy atom. The van der Waals surface area contributed by atoms with E-state index in [4.69, 9.17) is 0 Å². The largest absolute Gasteiger partial charge is 0.313 e. The highest BCUT2D eigenvalue weighted by Gasteiger charge is 2.10.